The number of piperidine rings is 1. The smallest absolute Gasteiger partial charge is 0.274 e. The number of aromatic nitrogens is 3. The normalized spacial score (nSPS) is 14.0. The van der Waals surface area contributed by atoms with Crippen LogP contribution in [0.3, 0.4) is 0 Å². The lowest BCUT2D eigenvalue weighted by molar-refractivity contribution is -0.385. The molecule has 0 bridgehead atoms. The molecule has 2 heterocycles. The van der Waals surface area contributed by atoms with Gasteiger partial charge in [0.25, 0.3) is 11.6 Å². The van der Waals surface area contributed by atoms with Gasteiger partial charge in [0.1, 0.15) is 6.54 Å². The Morgan fingerprint density at radius 2 is 1.84 bits per heavy atom. The van der Waals surface area contributed by atoms with Crippen LogP contribution in [0.15, 0.2) is 41.0 Å². The molecule has 0 spiro atoms. The Labute approximate surface area is 231 Å². The van der Waals surface area contributed by atoms with E-state index < -0.39 is 4.92 Å². The molecule has 2 amide bonds. The van der Waals surface area contributed by atoms with E-state index in [1.807, 2.05) is 0 Å². The molecule has 37 heavy (non-hydrogen) atoms. The summed E-state index contributed by atoms with van der Waals surface area (Å²) in [5.41, 5.74) is 1.96. The third kappa shape index (κ3) is 6.85. The van der Waals surface area contributed by atoms with Gasteiger partial charge in [-0.05, 0) is 56.4 Å². The molecule has 0 radical (unpaired) electrons. The van der Waals surface area contributed by atoms with E-state index in [1.54, 1.807) is 42.3 Å². The molecule has 0 atom stereocenters. The van der Waals surface area contributed by atoms with Gasteiger partial charge < -0.3 is 10.2 Å². The third-order valence-corrected chi connectivity index (χ3v) is 7.46. The summed E-state index contributed by atoms with van der Waals surface area (Å²) in [7, 11) is 0. The number of nitrogens with zero attached hydrogens (tertiary/aromatic N) is 5. The summed E-state index contributed by atoms with van der Waals surface area (Å²) in [6.45, 7) is 2.71. The number of amides is 2. The SMILES string of the molecule is Cc1c(Br)cc(C(=O)N2CCC(Cc3cn(CC(=O)Nc4cc(Cl)cc(Cl)c4)nn3)CC2)cc1[N+](=O)[O-]. The second-order valence-electron chi connectivity index (χ2n) is 8.91. The minimum Gasteiger partial charge on any atom is -0.339 e. The lowest BCUT2D eigenvalue weighted by Gasteiger charge is -2.31. The molecule has 194 valence electrons. The van der Waals surface area contributed by atoms with Gasteiger partial charge in [-0.1, -0.05) is 44.3 Å². The molecule has 1 fully saturated rings. The van der Waals surface area contributed by atoms with Crippen LogP contribution in [0.2, 0.25) is 10.0 Å². The topological polar surface area (TPSA) is 123 Å². The van der Waals surface area contributed by atoms with Crippen LogP contribution in [0.25, 0.3) is 0 Å². The van der Waals surface area contributed by atoms with Crippen LogP contribution in [-0.2, 0) is 17.8 Å². The zero-order valence-corrected chi connectivity index (χ0v) is 22.9. The van der Waals surface area contributed by atoms with Crippen LogP contribution in [0.5, 0.6) is 0 Å². The molecule has 2 aromatic carbocycles. The average molecular weight is 610 g/mol. The van der Waals surface area contributed by atoms with Crippen molar-refractivity contribution in [1.29, 1.82) is 0 Å². The predicted octanol–water partition coefficient (Wildman–Crippen LogP) is 5.30. The van der Waals surface area contributed by atoms with Gasteiger partial charge in [0, 0.05) is 56.7 Å². The molecule has 1 aromatic heterocycles. The standard InChI is InChI=1S/C24H23BrCl2N6O4/c1-14-21(25)7-16(8-22(14)33(36)37)24(35)31-4-2-15(3-5-31)6-20-12-32(30-29-20)13-23(34)28-19-10-17(26)9-18(27)11-19/h7-12,15H,2-6,13H2,1H3,(H,28,34). The van der Waals surface area contributed by atoms with E-state index in [-0.39, 0.29) is 24.0 Å². The first-order valence-electron chi connectivity index (χ1n) is 11.5. The maximum Gasteiger partial charge on any atom is 0.274 e. The van der Waals surface area contributed by atoms with Gasteiger partial charge in [0.2, 0.25) is 5.91 Å². The van der Waals surface area contributed by atoms with Crippen molar-refractivity contribution in [2.24, 2.45) is 5.92 Å². The number of carbonyl (C=O) groups is 2. The first-order chi connectivity index (χ1) is 17.6. The Morgan fingerprint density at radius 1 is 1.16 bits per heavy atom. The first-order valence-corrected chi connectivity index (χ1v) is 13.0. The van der Waals surface area contributed by atoms with Gasteiger partial charge in [0.05, 0.1) is 10.6 Å². The molecule has 13 heteroatoms. The molecule has 0 aliphatic carbocycles. The van der Waals surface area contributed by atoms with Crippen molar-refractivity contribution in [2.75, 3.05) is 18.4 Å². The van der Waals surface area contributed by atoms with Crippen molar-refractivity contribution in [1.82, 2.24) is 19.9 Å². The first kappa shape index (κ1) is 27.0. The Kier molecular flexibility index (Phi) is 8.46. The Balaban J connectivity index is 1.29. The van der Waals surface area contributed by atoms with Crippen molar-refractivity contribution in [2.45, 2.75) is 32.7 Å². The maximum atomic E-state index is 13.0. The zero-order chi connectivity index (χ0) is 26.7. The van der Waals surface area contributed by atoms with Crippen LogP contribution in [0.1, 0.15) is 34.5 Å². The maximum absolute atomic E-state index is 13.0. The molecule has 1 N–H and O–H groups in total. The monoisotopic (exact) mass is 608 g/mol. The number of hydrogen-bond acceptors (Lipinski definition) is 6. The minimum absolute atomic E-state index is 0.0116. The number of benzene rings is 2. The summed E-state index contributed by atoms with van der Waals surface area (Å²) in [6.07, 6.45) is 3.95. The van der Waals surface area contributed by atoms with Crippen molar-refractivity contribution in [3.8, 4) is 0 Å². The summed E-state index contributed by atoms with van der Waals surface area (Å²) in [4.78, 5) is 37.9. The van der Waals surface area contributed by atoms with Crippen LogP contribution in [0.4, 0.5) is 11.4 Å². The fourth-order valence-corrected chi connectivity index (χ4v) is 5.25. The van der Waals surface area contributed by atoms with E-state index in [0.29, 0.717) is 56.8 Å². The highest BCUT2D eigenvalue weighted by Crippen LogP contribution is 2.30. The van der Waals surface area contributed by atoms with Crippen LogP contribution >= 0.6 is 39.1 Å². The summed E-state index contributed by atoms with van der Waals surface area (Å²) in [5, 5.41) is 23.1. The van der Waals surface area contributed by atoms with Gasteiger partial charge >= 0.3 is 0 Å². The van der Waals surface area contributed by atoms with Gasteiger partial charge in [-0.2, -0.15) is 0 Å². The van der Waals surface area contributed by atoms with Gasteiger partial charge in [-0.25, -0.2) is 4.68 Å². The number of nitro benzene ring substituents is 1. The van der Waals surface area contributed by atoms with E-state index in [0.717, 1.165) is 18.5 Å². The highest BCUT2D eigenvalue weighted by molar-refractivity contribution is 9.10. The van der Waals surface area contributed by atoms with Gasteiger partial charge in [-0.15, -0.1) is 5.10 Å². The molecule has 0 saturated carbocycles. The predicted molar refractivity (Wildman–Crippen MR) is 143 cm³/mol. The Bertz CT molecular complexity index is 1340. The lowest BCUT2D eigenvalue weighted by Crippen LogP contribution is -2.39. The van der Waals surface area contributed by atoms with E-state index in [2.05, 4.69) is 31.6 Å². The second kappa shape index (κ2) is 11.6. The quantitative estimate of drug-likeness (QED) is 0.286. The number of halogens is 3. The molecule has 0 unspecified atom stereocenters. The van der Waals surface area contributed by atoms with Gasteiger partial charge in [-0.3, -0.25) is 19.7 Å². The van der Waals surface area contributed by atoms with Crippen molar-refractivity contribution >= 4 is 62.3 Å². The van der Waals surface area contributed by atoms with E-state index in [9.17, 15) is 19.7 Å². The summed E-state index contributed by atoms with van der Waals surface area (Å²) >= 11 is 15.2. The Hall–Kier alpha value is -3.02. The summed E-state index contributed by atoms with van der Waals surface area (Å²) < 4.78 is 2.01. The second-order valence-corrected chi connectivity index (χ2v) is 10.6. The Morgan fingerprint density at radius 3 is 2.49 bits per heavy atom. The fourth-order valence-electron chi connectivity index (χ4n) is 4.28. The fraction of sp³-hybridized carbons (Fsp3) is 0.333. The van der Waals surface area contributed by atoms with E-state index in [4.69, 9.17) is 23.2 Å². The highest BCUT2D eigenvalue weighted by atomic mass is 79.9. The summed E-state index contributed by atoms with van der Waals surface area (Å²) in [6, 6.07) is 7.76. The highest BCUT2D eigenvalue weighted by Gasteiger charge is 2.27. The number of anilines is 1. The number of nitro groups is 1. The lowest BCUT2D eigenvalue weighted by atomic mass is 9.92. The minimum atomic E-state index is -0.479. The third-order valence-electron chi connectivity index (χ3n) is 6.20. The van der Waals surface area contributed by atoms with Crippen LogP contribution in [-0.4, -0.2) is 49.7 Å². The molecular weight excluding hydrogens is 587 g/mol. The number of hydrogen-bond donors (Lipinski definition) is 1. The molecule has 4 rings (SSSR count). The molecule has 3 aromatic rings. The molecule has 10 nitrogen and oxygen atoms in total. The molecular formula is C24H23BrCl2N6O4. The number of carbonyl (C=O) groups excluding carboxylic acids is 2. The molecule has 1 aliphatic rings. The average Bonchev–Trinajstić information content (AvgIpc) is 3.26. The van der Waals surface area contributed by atoms with Crippen molar-refractivity contribution in [3.63, 3.8) is 0 Å². The van der Waals surface area contributed by atoms with Crippen LogP contribution in [0, 0.1) is 23.0 Å². The summed E-state index contributed by atoms with van der Waals surface area (Å²) in [5.74, 6) is -0.208. The largest absolute Gasteiger partial charge is 0.339 e. The molecule has 1 aliphatic heterocycles. The molecule has 1 saturated heterocycles. The van der Waals surface area contributed by atoms with Gasteiger partial charge in [0.15, 0.2) is 0 Å². The van der Waals surface area contributed by atoms with Crippen molar-refractivity contribution in [3.05, 3.63) is 78.0 Å². The van der Waals surface area contributed by atoms with E-state index >= 15 is 0 Å². The van der Waals surface area contributed by atoms with Crippen LogP contribution < -0.4 is 5.32 Å². The number of rotatable bonds is 7. The van der Waals surface area contributed by atoms with E-state index in [1.165, 1.54) is 10.7 Å². The number of likely N-dealkylation sites (tertiary alicyclic amines) is 1. The zero-order valence-electron chi connectivity index (χ0n) is 19.8. The van der Waals surface area contributed by atoms with Crippen molar-refractivity contribution < 1.29 is 14.5 Å². The number of nitrogens with one attached hydrogen (secondary N) is 1.